The Morgan fingerprint density at radius 1 is 1.00 bits per heavy atom. The highest BCUT2D eigenvalue weighted by Gasteiger charge is 2.46. The first-order valence-electron chi connectivity index (χ1n) is 9.13. The second-order valence-corrected chi connectivity index (χ2v) is 9.41. The zero-order chi connectivity index (χ0) is 19.0. The van der Waals surface area contributed by atoms with Crippen LogP contribution in [0.2, 0.25) is 0 Å². The number of likely N-dealkylation sites (tertiary alicyclic amines) is 2. The normalized spacial score (nSPS) is 23.0. The molecule has 1 amide bonds. The number of benzene rings is 1. The summed E-state index contributed by atoms with van der Waals surface area (Å²) < 4.78 is 23.2. The molecule has 0 aliphatic carbocycles. The quantitative estimate of drug-likeness (QED) is 0.786. The molecule has 27 heavy (non-hydrogen) atoms. The maximum absolute atomic E-state index is 12.6. The lowest BCUT2D eigenvalue weighted by atomic mass is 10.1. The molecule has 4 rings (SSSR count). The van der Waals surface area contributed by atoms with E-state index in [2.05, 4.69) is 9.88 Å². The van der Waals surface area contributed by atoms with Crippen LogP contribution in [-0.2, 0) is 27.7 Å². The lowest BCUT2D eigenvalue weighted by molar-refractivity contribution is -0.129. The van der Waals surface area contributed by atoms with Gasteiger partial charge in [-0.2, -0.15) is 0 Å². The van der Waals surface area contributed by atoms with E-state index in [1.54, 1.807) is 36.7 Å². The third-order valence-electron chi connectivity index (χ3n) is 5.57. The summed E-state index contributed by atoms with van der Waals surface area (Å²) in [5.41, 5.74) is 2.18. The summed E-state index contributed by atoms with van der Waals surface area (Å²) in [5, 5.41) is 0. The molecule has 0 saturated carbocycles. The number of hydrogen-bond donors (Lipinski definition) is 0. The molecular formula is C20H23N3O3S. The highest BCUT2D eigenvalue weighted by molar-refractivity contribution is 7.90. The van der Waals surface area contributed by atoms with Crippen molar-refractivity contribution >= 4 is 15.7 Å². The Morgan fingerprint density at radius 3 is 2.33 bits per heavy atom. The van der Waals surface area contributed by atoms with Gasteiger partial charge in [0.1, 0.15) is 0 Å². The molecule has 7 heteroatoms. The topological polar surface area (TPSA) is 70.6 Å². The molecule has 2 fully saturated rings. The number of pyridine rings is 1. The van der Waals surface area contributed by atoms with Gasteiger partial charge in [0.05, 0.1) is 4.90 Å². The van der Waals surface area contributed by atoms with Gasteiger partial charge in [0.25, 0.3) is 0 Å². The highest BCUT2D eigenvalue weighted by atomic mass is 32.2. The molecule has 142 valence electrons. The Labute approximate surface area is 159 Å². The van der Waals surface area contributed by atoms with E-state index in [4.69, 9.17) is 0 Å². The average Bonchev–Trinajstić information content (AvgIpc) is 3.16. The molecule has 6 nitrogen and oxygen atoms in total. The molecule has 3 heterocycles. The van der Waals surface area contributed by atoms with E-state index in [-0.39, 0.29) is 18.0 Å². The number of sulfone groups is 1. The highest BCUT2D eigenvalue weighted by Crippen LogP contribution is 2.34. The lowest BCUT2D eigenvalue weighted by Crippen LogP contribution is -2.36. The molecule has 0 radical (unpaired) electrons. The first kappa shape index (κ1) is 18.1. The predicted octanol–water partition coefficient (Wildman–Crippen LogP) is 1.86. The summed E-state index contributed by atoms with van der Waals surface area (Å²) in [5.74, 6) is 0.177. The third kappa shape index (κ3) is 3.75. The van der Waals surface area contributed by atoms with E-state index in [0.717, 1.165) is 25.1 Å². The first-order valence-corrected chi connectivity index (χ1v) is 11.0. The zero-order valence-corrected chi connectivity index (χ0v) is 16.1. The van der Waals surface area contributed by atoms with Crippen molar-refractivity contribution in [2.45, 2.75) is 42.9 Å². The minimum Gasteiger partial charge on any atom is -0.334 e. The van der Waals surface area contributed by atoms with Gasteiger partial charge < -0.3 is 4.90 Å². The summed E-state index contributed by atoms with van der Waals surface area (Å²) in [6.07, 6.45) is 6.33. The van der Waals surface area contributed by atoms with Crippen molar-refractivity contribution in [2.75, 3.05) is 12.8 Å². The SMILES string of the molecule is CS(=O)(=O)c1ccc(CN2C(=O)C[C@H]3[C@@H]2CCN3Cc2ccncc2)cc1. The second-order valence-electron chi connectivity index (χ2n) is 7.39. The van der Waals surface area contributed by atoms with Crippen LogP contribution in [0.5, 0.6) is 0 Å². The van der Waals surface area contributed by atoms with Crippen LogP contribution in [0.1, 0.15) is 24.0 Å². The van der Waals surface area contributed by atoms with Crippen molar-refractivity contribution in [1.29, 1.82) is 0 Å². The molecule has 2 atom stereocenters. The maximum Gasteiger partial charge on any atom is 0.224 e. The van der Waals surface area contributed by atoms with Crippen LogP contribution in [0, 0.1) is 0 Å². The van der Waals surface area contributed by atoms with E-state index >= 15 is 0 Å². The van der Waals surface area contributed by atoms with Crippen molar-refractivity contribution in [3.05, 3.63) is 59.9 Å². The van der Waals surface area contributed by atoms with Gasteiger partial charge in [-0.15, -0.1) is 0 Å². The Balaban J connectivity index is 1.45. The first-order chi connectivity index (χ1) is 12.9. The number of hydrogen-bond acceptors (Lipinski definition) is 5. The van der Waals surface area contributed by atoms with Crippen molar-refractivity contribution < 1.29 is 13.2 Å². The Kier molecular flexibility index (Phi) is 4.74. The molecule has 2 aliphatic rings. The average molecular weight is 385 g/mol. The fraction of sp³-hybridized carbons (Fsp3) is 0.400. The van der Waals surface area contributed by atoms with Crippen LogP contribution in [0.15, 0.2) is 53.7 Å². The van der Waals surface area contributed by atoms with Gasteiger partial charge in [0, 0.05) is 56.8 Å². The molecule has 2 aliphatic heterocycles. The maximum atomic E-state index is 12.6. The largest absolute Gasteiger partial charge is 0.334 e. The van der Waals surface area contributed by atoms with Gasteiger partial charge in [0.2, 0.25) is 5.91 Å². The van der Waals surface area contributed by atoms with Gasteiger partial charge in [-0.3, -0.25) is 14.7 Å². The van der Waals surface area contributed by atoms with Crippen molar-refractivity contribution in [3.8, 4) is 0 Å². The zero-order valence-electron chi connectivity index (χ0n) is 15.3. The minimum absolute atomic E-state index is 0.177. The summed E-state index contributed by atoms with van der Waals surface area (Å²) >= 11 is 0. The lowest BCUT2D eigenvalue weighted by Gasteiger charge is -2.25. The fourth-order valence-corrected chi connectivity index (χ4v) is 4.80. The van der Waals surface area contributed by atoms with Crippen LogP contribution in [0.3, 0.4) is 0 Å². The number of carbonyl (C=O) groups excluding carboxylic acids is 1. The van der Waals surface area contributed by atoms with Crippen LogP contribution in [0.4, 0.5) is 0 Å². The Hall–Kier alpha value is -2.25. The van der Waals surface area contributed by atoms with Gasteiger partial charge in [-0.1, -0.05) is 12.1 Å². The Bertz CT molecular complexity index is 929. The monoisotopic (exact) mass is 385 g/mol. The summed E-state index contributed by atoms with van der Waals surface area (Å²) in [6.45, 7) is 2.36. The molecule has 0 N–H and O–H groups in total. The molecular weight excluding hydrogens is 362 g/mol. The molecule has 1 aromatic heterocycles. The number of amides is 1. The molecule has 2 aromatic rings. The summed E-state index contributed by atoms with van der Waals surface area (Å²) in [7, 11) is -3.20. The molecule has 0 bridgehead atoms. The van der Waals surface area contributed by atoms with Gasteiger partial charge in [0.15, 0.2) is 9.84 Å². The smallest absolute Gasteiger partial charge is 0.224 e. The van der Waals surface area contributed by atoms with E-state index in [1.165, 1.54) is 11.8 Å². The number of rotatable bonds is 5. The van der Waals surface area contributed by atoms with Crippen LogP contribution in [0.25, 0.3) is 0 Å². The summed E-state index contributed by atoms with van der Waals surface area (Å²) in [4.78, 5) is 21.3. The Morgan fingerprint density at radius 2 is 1.67 bits per heavy atom. The van der Waals surface area contributed by atoms with Gasteiger partial charge >= 0.3 is 0 Å². The van der Waals surface area contributed by atoms with Crippen LogP contribution in [-0.4, -0.2) is 54.0 Å². The number of fused-ring (bicyclic) bond motifs is 1. The molecule has 0 spiro atoms. The van der Waals surface area contributed by atoms with E-state index in [9.17, 15) is 13.2 Å². The van der Waals surface area contributed by atoms with Crippen LogP contribution >= 0.6 is 0 Å². The molecule has 1 aromatic carbocycles. The molecule has 0 unspecified atom stereocenters. The van der Waals surface area contributed by atoms with Crippen molar-refractivity contribution in [3.63, 3.8) is 0 Å². The van der Waals surface area contributed by atoms with Gasteiger partial charge in [-0.25, -0.2) is 8.42 Å². The fourth-order valence-electron chi connectivity index (χ4n) is 4.17. The van der Waals surface area contributed by atoms with E-state index in [1.807, 2.05) is 17.0 Å². The number of nitrogens with zero attached hydrogens (tertiary/aromatic N) is 3. The van der Waals surface area contributed by atoms with Crippen LogP contribution < -0.4 is 0 Å². The van der Waals surface area contributed by atoms with Gasteiger partial charge in [-0.05, 0) is 41.8 Å². The van der Waals surface area contributed by atoms with Crippen molar-refractivity contribution in [1.82, 2.24) is 14.8 Å². The molecule has 2 saturated heterocycles. The minimum atomic E-state index is -3.20. The predicted molar refractivity (Wildman–Crippen MR) is 102 cm³/mol. The van der Waals surface area contributed by atoms with E-state index < -0.39 is 9.84 Å². The van der Waals surface area contributed by atoms with Crippen molar-refractivity contribution in [2.24, 2.45) is 0 Å². The number of carbonyl (C=O) groups is 1. The summed E-state index contributed by atoms with van der Waals surface area (Å²) in [6, 6.07) is 11.4. The standard InChI is InChI=1S/C20H23N3O3S/c1-27(25,26)17-4-2-15(3-5-17)14-23-18-8-11-22(19(18)12-20(23)24)13-16-6-9-21-10-7-16/h2-7,9-10,18-19H,8,11-14H2,1H3/t18-,19-/m0/s1. The van der Waals surface area contributed by atoms with E-state index in [0.29, 0.717) is 17.9 Å². The third-order valence-corrected chi connectivity index (χ3v) is 6.70. The second kappa shape index (κ2) is 7.05. The number of aromatic nitrogens is 1.